The van der Waals surface area contributed by atoms with Crippen molar-refractivity contribution in [1.82, 2.24) is 25.0 Å². The van der Waals surface area contributed by atoms with Crippen molar-refractivity contribution in [3.05, 3.63) is 70.4 Å². The zero-order valence-electron chi connectivity index (χ0n) is 23.9. The van der Waals surface area contributed by atoms with E-state index >= 15 is 0 Å². The maximum Gasteiger partial charge on any atom is 0.413 e. The van der Waals surface area contributed by atoms with E-state index in [1.54, 1.807) is 25.1 Å². The fourth-order valence-electron chi connectivity index (χ4n) is 4.90. The Morgan fingerprint density at radius 1 is 1.05 bits per heavy atom. The fourth-order valence-corrected chi connectivity index (χ4v) is 4.90. The van der Waals surface area contributed by atoms with Crippen molar-refractivity contribution in [1.29, 1.82) is 15.8 Å². The van der Waals surface area contributed by atoms with Crippen LogP contribution in [0, 0.1) is 46.3 Å². The van der Waals surface area contributed by atoms with Gasteiger partial charge in [0.25, 0.3) is 0 Å². The molecule has 1 aliphatic carbocycles. The van der Waals surface area contributed by atoms with Gasteiger partial charge in [-0.15, -0.1) is 5.10 Å². The summed E-state index contributed by atoms with van der Waals surface area (Å²) >= 11 is 0. The monoisotopic (exact) mass is 584 g/mol. The number of fused-ring (bicyclic) bond motifs is 1. The maximum atomic E-state index is 13.9. The van der Waals surface area contributed by atoms with Gasteiger partial charge in [0.2, 0.25) is 0 Å². The maximum absolute atomic E-state index is 13.9. The molecule has 1 unspecified atom stereocenters. The lowest BCUT2D eigenvalue weighted by atomic mass is 9.96. The number of nitrogens with zero attached hydrogens (tertiary/aromatic N) is 8. The molecule has 3 aromatic heterocycles. The van der Waals surface area contributed by atoms with Crippen molar-refractivity contribution in [2.45, 2.75) is 58.3 Å². The summed E-state index contributed by atoms with van der Waals surface area (Å²) in [5.41, 5.74) is 1.04. The van der Waals surface area contributed by atoms with Crippen LogP contribution < -0.4 is 10.6 Å². The molecule has 4 aromatic rings. The van der Waals surface area contributed by atoms with Gasteiger partial charge in [-0.25, -0.2) is 9.67 Å². The minimum Gasteiger partial charge on any atom is -0.383 e. The van der Waals surface area contributed by atoms with Crippen LogP contribution in [-0.4, -0.2) is 37.7 Å². The number of alkyl halides is 3. The van der Waals surface area contributed by atoms with Crippen molar-refractivity contribution in [3.8, 4) is 18.2 Å². The van der Waals surface area contributed by atoms with Crippen molar-refractivity contribution >= 4 is 22.3 Å². The SMILES string of the molecule is Cc1nc(C#N)ccc1C(Nc1cc(C#N)c2ncc(C#N)c(NCC(C)(C)C)c2c1)c1cn(C2(C(F)(F)F)CC2)nn1. The van der Waals surface area contributed by atoms with Crippen molar-refractivity contribution < 1.29 is 13.2 Å². The third-order valence-corrected chi connectivity index (χ3v) is 7.37. The zero-order valence-corrected chi connectivity index (χ0v) is 23.9. The third kappa shape index (κ3) is 5.52. The Bertz CT molecular complexity index is 1840. The molecule has 218 valence electrons. The van der Waals surface area contributed by atoms with Gasteiger partial charge in [0.05, 0.1) is 34.6 Å². The van der Waals surface area contributed by atoms with E-state index in [1.165, 1.54) is 18.5 Å². The van der Waals surface area contributed by atoms with Gasteiger partial charge in [0.1, 0.15) is 29.6 Å². The first-order valence-electron chi connectivity index (χ1n) is 13.4. The van der Waals surface area contributed by atoms with Crippen LogP contribution >= 0.6 is 0 Å². The van der Waals surface area contributed by atoms with Crippen molar-refractivity contribution in [3.63, 3.8) is 0 Å². The Kier molecular flexibility index (Phi) is 7.19. The lowest BCUT2D eigenvalue weighted by Crippen LogP contribution is -2.35. The number of aryl methyl sites for hydroxylation is 1. The molecule has 1 aliphatic rings. The van der Waals surface area contributed by atoms with Gasteiger partial charge in [-0.1, -0.05) is 32.1 Å². The van der Waals surface area contributed by atoms with Gasteiger partial charge in [-0.3, -0.25) is 4.98 Å². The molecule has 0 amide bonds. The highest BCUT2D eigenvalue weighted by Crippen LogP contribution is 2.55. The molecule has 0 bridgehead atoms. The predicted molar refractivity (Wildman–Crippen MR) is 152 cm³/mol. The molecule has 1 fully saturated rings. The molecule has 10 nitrogen and oxygen atoms in total. The van der Waals surface area contributed by atoms with Crippen molar-refractivity contribution in [2.75, 3.05) is 17.2 Å². The van der Waals surface area contributed by atoms with E-state index in [0.29, 0.717) is 45.6 Å². The second kappa shape index (κ2) is 10.6. The summed E-state index contributed by atoms with van der Waals surface area (Å²) in [5, 5.41) is 44.3. The van der Waals surface area contributed by atoms with E-state index in [2.05, 4.69) is 43.1 Å². The first kappa shape index (κ1) is 29.3. The van der Waals surface area contributed by atoms with Crippen LogP contribution in [0.3, 0.4) is 0 Å². The predicted octanol–water partition coefficient (Wildman–Crippen LogP) is 5.86. The Morgan fingerprint density at radius 2 is 1.77 bits per heavy atom. The first-order valence-corrected chi connectivity index (χ1v) is 13.4. The second-order valence-electron chi connectivity index (χ2n) is 11.8. The highest BCUT2D eigenvalue weighted by molar-refractivity contribution is 5.99. The summed E-state index contributed by atoms with van der Waals surface area (Å²) in [5.74, 6) is 0. The Balaban J connectivity index is 1.65. The number of anilines is 2. The minimum absolute atomic E-state index is 0.0936. The molecule has 13 heteroatoms. The molecule has 0 aliphatic heterocycles. The number of benzene rings is 1. The molecule has 1 atom stereocenters. The van der Waals surface area contributed by atoms with Crippen LogP contribution in [0.5, 0.6) is 0 Å². The van der Waals surface area contributed by atoms with Crippen LogP contribution in [0.4, 0.5) is 24.5 Å². The van der Waals surface area contributed by atoms with Crippen LogP contribution in [0.2, 0.25) is 0 Å². The van der Waals surface area contributed by atoms with Gasteiger partial charge < -0.3 is 10.6 Å². The Morgan fingerprint density at radius 3 is 2.35 bits per heavy atom. The molecule has 0 radical (unpaired) electrons. The highest BCUT2D eigenvalue weighted by atomic mass is 19.4. The average Bonchev–Trinajstić information content (AvgIpc) is 3.65. The number of hydrogen-bond donors (Lipinski definition) is 2. The quantitative estimate of drug-likeness (QED) is 0.272. The lowest BCUT2D eigenvalue weighted by Gasteiger charge is -2.23. The van der Waals surface area contributed by atoms with Gasteiger partial charge >= 0.3 is 6.18 Å². The number of nitriles is 3. The van der Waals surface area contributed by atoms with Gasteiger partial charge in [0, 0.05) is 35.1 Å². The standard InChI is InChI=1S/C30H27F3N10/c1-17-22(6-5-20(13-36)39-17)27(24-15-43(42-41-24)29(7-8-29)30(31,32)33)40-21-9-18(11-34)25-23(10-21)26(19(12-35)14-37-25)38-16-28(2,3)4/h5-6,9-10,14-15,27,40H,7-8,16H2,1-4H3,(H,37,38). The Hall–Kier alpha value is -5.22. The van der Waals surface area contributed by atoms with Gasteiger partial charge in [-0.05, 0) is 43.4 Å². The summed E-state index contributed by atoms with van der Waals surface area (Å²) < 4.78 is 42.5. The molecular weight excluding hydrogens is 557 g/mol. The number of hydrogen-bond acceptors (Lipinski definition) is 9. The van der Waals surface area contributed by atoms with E-state index in [0.717, 1.165) is 4.68 Å². The van der Waals surface area contributed by atoms with Crippen LogP contribution in [0.15, 0.2) is 36.7 Å². The third-order valence-electron chi connectivity index (χ3n) is 7.37. The zero-order chi connectivity index (χ0) is 31.2. The normalized spacial score (nSPS) is 14.8. The number of nitrogens with one attached hydrogen (secondary N) is 2. The first-order chi connectivity index (χ1) is 20.3. The van der Waals surface area contributed by atoms with E-state index in [9.17, 15) is 29.0 Å². The number of aromatic nitrogens is 5. The van der Waals surface area contributed by atoms with E-state index < -0.39 is 17.8 Å². The van der Waals surface area contributed by atoms with Gasteiger partial charge in [0.15, 0.2) is 5.54 Å². The average molecular weight is 585 g/mol. The summed E-state index contributed by atoms with van der Waals surface area (Å²) in [6.45, 7) is 8.34. The van der Waals surface area contributed by atoms with E-state index in [-0.39, 0.29) is 35.2 Å². The van der Waals surface area contributed by atoms with Crippen LogP contribution in [-0.2, 0) is 5.54 Å². The molecule has 2 N–H and O–H groups in total. The highest BCUT2D eigenvalue weighted by Gasteiger charge is 2.66. The minimum atomic E-state index is -4.49. The largest absolute Gasteiger partial charge is 0.413 e. The summed E-state index contributed by atoms with van der Waals surface area (Å²) in [4.78, 5) is 8.68. The van der Waals surface area contributed by atoms with E-state index in [4.69, 9.17) is 0 Å². The molecule has 1 aromatic carbocycles. The van der Waals surface area contributed by atoms with E-state index in [1.807, 2.05) is 26.8 Å². The number of halogens is 3. The molecule has 5 rings (SSSR count). The number of rotatable bonds is 7. The summed E-state index contributed by atoms with van der Waals surface area (Å²) in [6.07, 6.45) is -1.99. The number of pyridine rings is 2. The molecular formula is C30H27F3N10. The molecule has 43 heavy (non-hydrogen) atoms. The van der Waals surface area contributed by atoms with Crippen LogP contribution in [0.1, 0.15) is 73.4 Å². The summed E-state index contributed by atoms with van der Waals surface area (Å²) in [7, 11) is 0. The second-order valence-corrected chi connectivity index (χ2v) is 11.8. The van der Waals surface area contributed by atoms with Gasteiger partial charge in [-0.2, -0.15) is 29.0 Å². The molecule has 0 saturated heterocycles. The smallest absolute Gasteiger partial charge is 0.383 e. The Labute approximate surface area is 245 Å². The molecule has 0 spiro atoms. The molecule has 1 saturated carbocycles. The summed E-state index contributed by atoms with van der Waals surface area (Å²) in [6, 6.07) is 11.9. The topological polar surface area (TPSA) is 152 Å². The van der Waals surface area contributed by atoms with Crippen molar-refractivity contribution in [2.24, 2.45) is 5.41 Å². The fraction of sp³-hybridized carbons (Fsp3) is 0.367. The lowest BCUT2D eigenvalue weighted by molar-refractivity contribution is -0.182. The van der Waals surface area contributed by atoms with Crippen LogP contribution in [0.25, 0.3) is 10.9 Å². The molecule has 3 heterocycles.